The first-order valence-corrected chi connectivity index (χ1v) is 7.28. The standard InChI is InChI=1S/C14H26N4O/c1-12(2)17-5-3-14(4-6-17)15-9-13-10-16-18(11-13)7-8-19/h10-12,14-15,19H,3-9H2,1-2H3. The number of piperidine rings is 1. The van der Waals surface area contributed by atoms with E-state index in [-0.39, 0.29) is 6.61 Å². The highest BCUT2D eigenvalue weighted by molar-refractivity contribution is 5.03. The normalized spacial score (nSPS) is 18.3. The van der Waals surface area contributed by atoms with Crippen LogP contribution in [0.15, 0.2) is 12.4 Å². The molecule has 2 N–H and O–H groups in total. The molecule has 1 aliphatic heterocycles. The summed E-state index contributed by atoms with van der Waals surface area (Å²) < 4.78 is 1.79. The highest BCUT2D eigenvalue weighted by Gasteiger charge is 2.20. The summed E-state index contributed by atoms with van der Waals surface area (Å²) in [7, 11) is 0. The molecule has 5 heteroatoms. The monoisotopic (exact) mass is 266 g/mol. The number of rotatable bonds is 6. The molecule has 0 saturated carbocycles. The Morgan fingerprint density at radius 3 is 2.79 bits per heavy atom. The summed E-state index contributed by atoms with van der Waals surface area (Å²) in [5, 5.41) is 16.7. The number of likely N-dealkylation sites (tertiary alicyclic amines) is 1. The fraction of sp³-hybridized carbons (Fsp3) is 0.786. The summed E-state index contributed by atoms with van der Waals surface area (Å²) in [6, 6.07) is 1.29. The van der Waals surface area contributed by atoms with Gasteiger partial charge >= 0.3 is 0 Å². The van der Waals surface area contributed by atoms with Crippen LogP contribution in [0.2, 0.25) is 0 Å². The van der Waals surface area contributed by atoms with Crippen LogP contribution in [-0.2, 0) is 13.1 Å². The third-order valence-electron chi connectivity index (χ3n) is 3.87. The van der Waals surface area contributed by atoms with Crippen molar-refractivity contribution in [3.8, 4) is 0 Å². The second kappa shape index (κ2) is 7.03. The van der Waals surface area contributed by atoms with Crippen LogP contribution in [0, 0.1) is 0 Å². The topological polar surface area (TPSA) is 53.3 Å². The van der Waals surface area contributed by atoms with Crippen LogP contribution >= 0.6 is 0 Å². The SMILES string of the molecule is CC(C)N1CCC(NCc2cnn(CCO)c2)CC1. The van der Waals surface area contributed by atoms with Gasteiger partial charge in [-0.1, -0.05) is 0 Å². The van der Waals surface area contributed by atoms with E-state index in [0.29, 0.717) is 18.6 Å². The van der Waals surface area contributed by atoms with Crippen LogP contribution in [0.25, 0.3) is 0 Å². The number of nitrogens with one attached hydrogen (secondary N) is 1. The molecule has 0 spiro atoms. The van der Waals surface area contributed by atoms with E-state index in [1.165, 1.54) is 31.5 Å². The van der Waals surface area contributed by atoms with E-state index >= 15 is 0 Å². The lowest BCUT2D eigenvalue weighted by atomic mass is 10.0. The third kappa shape index (κ3) is 4.30. The van der Waals surface area contributed by atoms with Crippen LogP contribution in [0.4, 0.5) is 0 Å². The summed E-state index contributed by atoms with van der Waals surface area (Å²) >= 11 is 0. The average molecular weight is 266 g/mol. The maximum atomic E-state index is 8.85. The number of hydrogen-bond donors (Lipinski definition) is 2. The molecule has 1 aromatic rings. The van der Waals surface area contributed by atoms with Crippen LogP contribution < -0.4 is 5.32 Å². The molecule has 0 unspecified atom stereocenters. The minimum Gasteiger partial charge on any atom is -0.394 e. The molecule has 1 saturated heterocycles. The molecule has 108 valence electrons. The largest absolute Gasteiger partial charge is 0.394 e. The molecule has 2 heterocycles. The van der Waals surface area contributed by atoms with E-state index in [2.05, 4.69) is 29.2 Å². The fourth-order valence-electron chi connectivity index (χ4n) is 2.60. The molecule has 5 nitrogen and oxygen atoms in total. The second-order valence-corrected chi connectivity index (χ2v) is 5.62. The first kappa shape index (κ1) is 14.5. The average Bonchev–Trinajstić information content (AvgIpc) is 2.85. The van der Waals surface area contributed by atoms with Gasteiger partial charge in [0.15, 0.2) is 0 Å². The molecule has 1 fully saturated rings. The Morgan fingerprint density at radius 1 is 1.42 bits per heavy atom. The van der Waals surface area contributed by atoms with Gasteiger partial charge in [-0.2, -0.15) is 5.10 Å². The van der Waals surface area contributed by atoms with Gasteiger partial charge < -0.3 is 15.3 Å². The lowest BCUT2D eigenvalue weighted by Crippen LogP contribution is -2.44. The quantitative estimate of drug-likeness (QED) is 0.801. The third-order valence-corrected chi connectivity index (χ3v) is 3.87. The van der Waals surface area contributed by atoms with Crippen molar-refractivity contribution < 1.29 is 5.11 Å². The fourth-order valence-corrected chi connectivity index (χ4v) is 2.60. The van der Waals surface area contributed by atoms with Crippen molar-refractivity contribution in [1.82, 2.24) is 20.0 Å². The Morgan fingerprint density at radius 2 is 2.16 bits per heavy atom. The van der Waals surface area contributed by atoms with Crippen LogP contribution in [0.1, 0.15) is 32.3 Å². The molecule has 0 radical (unpaired) electrons. The summed E-state index contributed by atoms with van der Waals surface area (Å²) in [5.41, 5.74) is 1.19. The lowest BCUT2D eigenvalue weighted by Gasteiger charge is -2.34. The Bertz CT molecular complexity index is 369. The molecule has 0 aliphatic carbocycles. The van der Waals surface area contributed by atoms with E-state index in [1.807, 2.05) is 12.4 Å². The van der Waals surface area contributed by atoms with Crippen molar-refractivity contribution in [1.29, 1.82) is 0 Å². The number of aromatic nitrogens is 2. The maximum absolute atomic E-state index is 8.85. The smallest absolute Gasteiger partial charge is 0.0640 e. The Kier molecular flexibility index (Phi) is 5.36. The molecule has 0 atom stereocenters. The number of nitrogens with zero attached hydrogens (tertiary/aromatic N) is 3. The van der Waals surface area contributed by atoms with Crippen molar-refractivity contribution in [3.05, 3.63) is 18.0 Å². The molecule has 0 aromatic carbocycles. The number of hydrogen-bond acceptors (Lipinski definition) is 4. The minimum absolute atomic E-state index is 0.141. The van der Waals surface area contributed by atoms with Crippen LogP contribution in [0.5, 0.6) is 0 Å². The van der Waals surface area contributed by atoms with Crippen molar-refractivity contribution in [2.45, 2.75) is 51.9 Å². The summed E-state index contributed by atoms with van der Waals surface area (Å²) in [6.07, 6.45) is 6.34. The zero-order chi connectivity index (χ0) is 13.7. The number of aliphatic hydroxyl groups excluding tert-OH is 1. The van der Waals surface area contributed by atoms with E-state index in [9.17, 15) is 0 Å². The zero-order valence-electron chi connectivity index (χ0n) is 12.0. The predicted molar refractivity (Wildman–Crippen MR) is 75.9 cm³/mol. The maximum Gasteiger partial charge on any atom is 0.0640 e. The lowest BCUT2D eigenvalue weighted by molar-refractivity contribution is 0.161. The van der Waals surface area contributed by atoms with Gasteiger partial charge in [0.05, 0.1) is 19.3 Å². The van der Waals surface area contributed by atoms with Crippen molar-refractivity contribution in [2.24, 2.45) is 0 Å². The van der Waals surface area contributed by atoms with Gasteiger partial charge in [-0.25, -0.2) is 0 Å². The van der Waals surface area contributed by atoms with Crippen molar-refractivity contribution >= 4 is 0 Å². The second-order valence-electron chi connectivity index (χ2n) is 5.62. The van der Waals surface area contributed by atoms with Gasteiger partial charge in [0, 0.05) is 30.4 Å². The van der Waals surface area contributed by atoms with Gasteiger partial charge in [0.2, 0.25) is 0 Å². The molecule has 1 aromatic heterocycles. The molecule has 2 rings (SSSR count). The van der Waals surface area contributed by atoms with Gasteiger partial charge in [0.1, 0.15) is 0 Å². The van der Waals surface area contributed by atoms with E-state index in [4.69, 9.17) is 5.11 Å². The van der Waals surface area contributed by atoms with E-state index < -0.39 is 0 Å². The van der Waals surface area contributed by atoms with Crippen LogP contribution in [0.3, 0.4) is 0 Å². The summed E-state index contributed by atoms with van der Waals surface area (Å²) in [5.74, 6) is 0. The minimum atomic E-state index is 0.141. The van der Waals surface area contributed by atoms with Gasteiger partial charge in [-0.3, -0.25) is 4.68 Å². The Labute approximate surface area is 115 Å². The van der Waals surface area contributed by atoms with Crippen LogP contribution in [-0.4, -0.2) is 51.6 Å². The Balaban J connectivity index is 1.71. The zero-order valence-corrected chi connectivity index (χ0v) is 12.0. The first-order valence-electron chi connectivity index (χ1n) is 7.28. The first-order chi connectivity index (χ1) is 9.19. The highest BCUT2D eigenvalue weighted by atomic mass is 16.3. The number of aliphatic hydroxyl groups is 1. The Hall–Kier alpha value is -0.910. The molecule has 1 aliphatic rings. The predicted octanol–water partition coefficient (Wildman–Crippen LogP) is 0.838. The molecule has 19 heavy (non-hydrogen) atoms. The van der Waals surface area contributed by atoms with Gasteiger partial charge in [0.25, 0.3) is 0 Å². The molecule has 0 bridgehead atoms. The molecular weight excluding hydrogens is 240 g/mol. The van der Waals surface area contributed by atoms with Crippen molar-refractivity contribution in [3.63, 3.8) is 0 Å². The van der Waals surface area contributed by atoms with Gasteiger partial charge in [-0.15, -0.1) is 0 Å². The van der Waals surface area contributed by atoms with Gasteiger partial charge in [-0.05, 0) is 39.8 Å². The molecular formula is C14H26N4O. The van der Waals surface area contributed by atoms with Crippen molar-refractivity contribution in [2.75, 3.05) is 19.7 Å². The van der Waals surface area contributed by atoms with E-state index in [0.717, 1.165) is 6.54 Å². The summed E-state index contributed by atoms with van der Waals surface area (Å²) in [4.78, 5) is 2.54. The molecule has 0 amide bonds. The van der Waals surface area contributed by atoms with E-state index in [1.54, 1.807) is 4.68 Å². The highest BCUT2D eigenvalue weighted by Crippen LogP contribution is 2.13. The summed E-state index contributed by atoms with van der Waals surface area (Å²) in [6.45, 7) is 8.51.